The highest BCUT2D eigenvalue weighted by Gasteiger charge is 2.18. The first kappa shape index (κ1) is 15.2. The summed E-state index contributed by atoms with van der Waals surface area (Å²) in [6, 6.07) is 2.54. The lowest BCUT2D eigenvalue weighted by Gasteiger charge is -2.18. The first-order valence-corrected chi connectivity index (χ1v) is 8.11. The Morgan fingerprint density at radius 3 is 2.95 bits per heavy atom. The first-order chi connectivity index (χ1) is 9.61. The predicted octanol–water partition coefficient (Wildman–Crippen LogP) is 3.59. The van der Waals surface area contributed by atoms with E-state index in [2.05, 4.69) is 25.2 Å². The van der Waals surface area contributed by atoms with Crippen LogP contribution in [0.3, 0.4) is 0 Å². The molecule has 0 saturated carbocycles. The van der Waals surface area contributed by atoms with Crippen LogP contribution in [0.1, 0.15) is 62.8 Å². The summed E-state index contributed by atoms with van der Waals surface area (Å²) in [6.45, 7) is 4.43. The molecule has 0 radical (unpaired) electrons. The van der Waals surface area contributed by atoms with Gasteiger partial charge in [-0.1, -0.05) is 38.4 Å². The molecule has 3 N–H and O–H groups in total. The number of fused-ring (bicyclic) bond motifs is 1. The van der Waals surface area contributed by atoms with Crippen LogP contribution < -0.4 is 11.1 Å². The lowest BCUT2D eigenvalue weighted by Crippen LogP contribution is -2.21. The predicted molar refractivity (Wildman–Crippen MR) is 89.4 cm³/mol. The number of aromatic nitrogens is 1. The number of thiocarbonyl (C=S) groups is 1. The van der Waals surface area contributed by atoms with Crippen LogP contribution >= 0.6 is 12.2 Å². The molecule has 3 nitrogen and oxygen atoms in total. The highest BCUT2D eigenvalue weighted by Crippen LogP contribution is 2.26. The maximum absolute atomic E-state index is 5.86. The van der Waals surface area contributed by atoms with Crippen molar-refractivity contribution in [3.05, 3.63) is 22.9 Å². The molecule has 1 aromatic heterocycles. The van der Waals surface area contributed by atoms with Crippen molar-refractivity contribution in [3.63, 3.8) is 0 Å². The molecule has 4 heteroatoms. The van der Waals surface area contributed by atoms with Gasteiger partial charge in [0.15, 0.2) is 0 Å². The smallest absolute Gasteiger partial charge is 0.136 e. The quantitative estimate of drug-likeness (QED) is 0.595. The lowest BCUT2D eigenvalue weighted by molar-refractivity contribution is 0.613. The molecule has 20 heavy (non-hydrogen) atoms. The van der Waals surface area contributed by atoms with E-state index in [1.807, 2.05) is 0 Å². The summed E-state index contributed by atoms with van der Waals surface area (Å²) >= 11 is 5.18. The molecular formula is C16H25N3S. The summed E-state index contributed by atoms with van der Waals surface area (Å²) in [5, 5.41) is 3.50. The number of aryl methyl sites for hydroxylation is 2. The van der Waals surface area contributed by atoms with Gasteiger partial charge >= 0.3 is 0 Å². The molecule has 0 saturated heterocycles. The maximum atomic E-state index is 5.86. The number of hydrogen-bond donors (Lipinski definition) is 2. The molecule has 1 atom stereocenters. The molecule has 1 aliphatic carbocycles. The van der Waals surface area contributed by atoms with Crippen molar-refractivity contribution in [1.82, 2.24) is 4.98 Å². The fourth-order valence-electron chi connectivity index (χ4n) is 2.78. The summed E-state index contributed by atoms with van der Waals surface area (Å²) < 4.78 is 0. The number of unbranched alkanes of at least 4 members (excludes halogenated alkanes) is 2. The Morgan fingerprint density at radius 1 is 1.45 bits per heavy atom. The average molecular weight is 291 g/mol. The van der Waals surface area contributed by atoms with Crippen molar-refractivity contribution in [2.75, 3.05) is 5.32 Å². The average Bonchev–Trinajstić information content (AvgIpc) is 2.85. The first-order valence-electron chi connectivity index (χ1n) is 7.71. The summed E-state index contributed by atoms with van der Waals surface area (Å²) in [6.07, 6.45) is 8.31. The van der Waals surface area contributed by atoms with Gasteiger partial charge in [-0.3, -0.25) is 0 Å². The van der Waals surface area contributed by atoms with Gasteiger partial charge in [0.2, 0.25) is 0 Å². The number of nitrogens with zero attached hydrogens (tertiary/aromatic N) is 1. The van der Waals surface area contributed by atoms with E-state index in [1.165, 1.54) is 36.9 Å². The zero-order valence-electron chi connectivity index (χ0n) is 12.5. The van der Waals surface area contributed by atoms with Gasteiger partial charge in [-0.15, -0.1) is 0 Å². The minimum absolute atomic E-state index is 0.404. The second-order valence-corrected chi connectivity index (χ2v) is 6.19. The molecule has 0 aliphatic heterocycles. The number of hydrogen-bond acceptors (Lipinski definition) is 3. The largest absolute Gasteiger partial charge is 0.389 e. The Morgan fingerprint density at radius 2 is 2.25 bits per heavy atom. The third-order valence-electron chi connectivity index (χ3n) is 3.94. The Kier molecular flexibility index (Phi) is 5.35. The summed E-state index contributed by atoms with van der Waals surface area (Å²) in [7, 11) is 0. The minimum Gasteiger partial charge on any atom is -0.389 e. The second-order valence-electron chi connectivity index (χ2n) is 5.75. The van der Waals surface area contributed by atoms with Crippen molar-refractivity contribution >= 4 is 23.0 Å². The highest BCUT2D eigenvalue weighted by molar-refractivity contribution is 7.80. The van der Waals surface area contributed by atoms with Crippen LogP contribution in [-0.2, 0) is 12.8 Å². The SMILES string of the molecule is CCCCCC(C)Nc1nc2c(cc1C(N)=S)CCC2. The standard InChI is InChI=1S/C16H25N3S/c1-3-4-5-7-11(2)18-16-13(15(17)20)10-12-8-6-9-14(12)19-16/h10-11H,3-9H2,1-2H3,(H2,17,20)(H,18,19). The van der Waals surface area contributed by atoms with E-state index >= 15 is 0 Å². The summed E-state index contributed by atoms with van der Waals surface area (Å²) in [5.41, 5.74) is 9.30. The number of pyridine rings is 1. The third-order valence-corrected chi connectivity index (χ3v) is 4.16. The van der Waals surface area contributed by atoms with Crippen molar-refractivity contribution < 1.29 is 0 Å². The Bertz CT molecular complexity index is 485. The van der Waals surface area contributed by atoms with Crippen molar-refractivity contribution in [3.8, 4) is 0 Å². The highest BCUT2D eigenvalue weighted by atomic mass is 32.1. The van der Waals surface area contributed by atoms with Crippen LogP contribution in [0.15, 0.2) is 6.07 Å². The molecule has 1 heterocycles. The monoisotopic (exact) mass is 291 g/mol. The van der Waals surface area contributed by atoms with Crippen molar-refractivity contribution in [2.24, 2.45) is 5.73 Å². The molecule has 110 valence electrons. The Labute approximate surface area is 127 Å². The van der Waals surface area contributed by atoms with Crippen molar-refractivity contribution in [1.29, 1.82) is 0 Å². The zero-order valence-corrected chi connectivity index (χ0v) is 13.4. The van der Waals surface area contributed by atoms with Crippen LogP contribution in [0.4, 0.5) is 5.82 Å². The minimum atomic E-state index is 0.404. The number of nitrogens with two attached hydrogens (primary N) is 1. The van der Waals surface area contributed by atoms with Crippen LogP contribution in [0.5, 0.6) is 0 Å². The van der Waals surface area contributed by atoms with Gasteiger partial charge in [0, 0.05) is 11.7 Å². The van der Waals surface area contributed by atoms with E-state index in [0.717, 1.165) is 30.6 Å². The van der Waals surface area contributed by atoms with Gasteiger partial charge < -0.3 is 11.1 Å². The topological polar surface area (TPSA) is 50.9 Å². The van der Waals surface area contributed by atoms with Gasteiger partial charge in [0.05, 0.1) is 5.56 Å². The summed E-state index contributed by atoms with van der Waals surface area (Å²) in [5.74, 6) is 0.877. The second kappa shape index (κ2) is 7.02. The summed E-state index contributed by atoms with van der Waals surface area (Å²) in [4.78, 5) is 5.20. The van der Waals surface area contributed by atoms with E-state index in [-0.39, 0.29) is 0 Å². The van der Waals surface area contributed by atoms with Gasteiger partial charge in [0.25, 0.3) is 0 Å². The van der Waals surface area contributed by atoms with Crippen LogP contribution in [0, 0.1) is 0 Å². The molecule has 1 aromatic rings. The Hall–Kier alpha value is -1.16. The van der Waals surface area contributed by atoms with Crippen LogP contribution in [0.25, 0.3) is 0 Å². The van der Waals surface area contributed by atoms with E-state index < -0.39 is 0 Å². The third kappa shape index (κ3) is 3.69. The number of nitrogens with one attached hydrogen (secondary N) is 1. The lowest BCUT2D eigenvalue weighted by atomic mass is 10.1. The fraction of sp³-hybridized carbons (Fsp3) is 0.625. The van der Waals surface area contributed by atoms with Crippen LogP contribution in [-0.4, -0.2) is 16.0 Å². The Balaban J connectivity index is 2.11. The molecule has 0 fully saturated rings. The number of anilines is 1. The van der Waals surface area contributed by atoms with Crippen molar-refractivity contribution in [2.45, 2.75) is 64.8 Å². The normalized spacial score (nSPS) is 14.9. The maximum Gasteiger partial charge on any atom is 0.136 e. The molecule has 0 spiro atoms. The van der Waals surface area contributed by atoms with E-state index in [1.54, 1.807) is 0 Å². The van der Waals surface area contributed by atoms with E-state index in [0.29, 0.717) is 11.0 Å². The molecule has 0 aromatic carbocycles. The molecule has 0 amide bonds. The molecule has 1 unspecified atom stereocenters. The van der Waals surface area contributed by atoms with Gasteiger partial charge in [-0.05, 0) is 44.2 Å². The fourth-order valence-corrected chi connectivity index (χ4v) is 2.93. The molecular weight excluding hydrogens is 266 g/mol. The van der Waals surface area contributed by atoms with E-state index in [9.17, 15) is 0 Å². The van der Waals surface area contributed by atoms with E-state index in [4.69, 9.17) is 22.9 Å². The van der Waals surface area contributed by atoms with Gasteiger partial charge in [-0.25, -0.2) is 4.98 Å². The van der Waals surface area contributed by atoms with Gasteiger partial charge in [-0.2, -0.15) is 0 Å². The molecule has 0 bridgehead atoms. The molecule has 2 rings (SSSR count). The van der Waals surface area contributed by atoms with Crippen LogP contribution in [0.2, 0.25) is 0 Å². The van der Waals surface area contributed by atoms with Gasteiger partial charge in [0.1, 0.15) is 10.8 Å². The molecule has 1 aliphatic rings. The number of rotatable bonds is 7. The zero-order chi connectivity index (χ0) is 14.5.